The van der Waals surface area contributed by atoms with Crippen LogP contribution in [0.1, 0.15) is 67.8 Å². The number of hydrogen-bond donors (Lipinski definition) is 0. The maximum atomic E-state index is 13.8. The third-order valence-electron chi connectivity index (χ3n) is 7.62. The zero-order valence-corrected chi connectivity index (χ0v) is 24.2. The summed E-state index contributed by atoms with van der Waals surface area (Å²) in [5, 5.41) is 1.22. The van der Waals surface area contributed by atoms with E-state index in [1.54, 1.807) is 33.5 Å². The van der Waals surface area contributed by atoms with E-state index in [-0.39, 0.29) is 22.9 Å². The average Bonchev–Trinajstić information content (AvgIpc) is 3.60. The number of aryl methyl sites for hydroxylation is 1. The number of rotatable bonds is 8. The number of fused-ring (bicyclic) bond motifs is 1. The lowest BCUT2D eigenvalue weighted by molar-refractivity contribution is 0.0917. The quantitative estimate of drug-likeness (QED) is 0.309. The van der Waals surface area contributed by atoms with Crippen molar-refractivity contribution in [3.05, 3.63) is 52.5 Å². The van der Waals surface area contributed by atoms with Crippen LogP contribution in [0.2, 0.25) is 5.02 Å². The lowest BCUT2D eigenvalue weighted by Crippen LogP contribution is -2.41. The molecule has 2 aliphatic rings. The Bertz CT molecular complexity index is 1400. The number of ether oxygens (including phenoxy) is 1. The summed E-state index contributed by atoms with van der Waals surface area (Å²) in [6, 6.07) is 10.1. The van der Waals surface area contributed by atoms with Crippen LogP contribution in [0.15, 0.2) is 41.3 Å². The number of anilines is 1. The Morgan fingerprint density at radius 2 is 1.82 bits per heavy atom. The van der Waals surface area contributed by atoms with E-state index in [1.165, 1.54) is 11.3 Å². The second-order valence-corrected chi connectivity index (χ2v) is 13.4. The molecule has 1 aliphatic heterocycles. The van der Waals surface area contributed by atoms with Gasteiger partial charge in [0, 0.05) is 29.8 Å². The summed E-state index contributed by atoms with van der Waals surface area (Å²) in [4.78, 5) is 20.5. The molecule has 204 valence electrons. The summed E-state index contributed by atoms with van der Waals surface area (Å²) in [5.74, 6) is -0.230. The summed E-state index contributed by atoms with van der Waals surface area (Å²) in [6.45, 7) is 5.32. The number of sulfonamides is 1. The second-order valence-electron chi connectivity index (χ2n) is 10.1. The van der Waals surface area contributed by atoms with Gasteiger partial charge < -0.3 is 4.74 Å². The van der Waals surface area contributed by atoms with Gasteiger partial charge in [-0.05, 0) is 74.6 Å². The first-order valence-electron chi connectivity index (χ1n) is 13.4. The van der Waals surface area contributed by atoms with Crippen molar-refractivity contribution in [2.45, 2.75) is 75.8 Å². The summed E-state index contributed by atoms with van der Waals surface area (Å²) in [7, 11) is -3.64. The van der Waals surface area contributed by atoms with Crippen LogP contribution in [0.25, 0.3) is 10.2 Å². The number of carbonyl (C=O) groups excluding carboxylic acids is 1. The first-order chi connectivity index (χ1) is 18.3. The third kappa shape index (κ3) is 5.49. The van der Waals surface area contributed by atoms with Gasteiger partial charge in [0.15, 0.2) is 5.13 Å². The Morgan fingerprint density at radius 1 is 1.08 bits per heavy atom. The van der Waals surface area contributed by atoms with Crippen molar-refractivity contribution < 1.29 is 17.9 Å². The molecule has 3 aromatic rings. The van der Waals surface area contributed by atoms with Gasteiger partial charge in [0.05, 0.1) is 27.8 Å². The van der Waals surface area contributed by atoms with E-state index in [2.05, 4.69) is 0 Å². The van der Waals surface area contributed by atoms with Crippen LogP contribution < -0.4 is 4.90 Å². The van der Waals surface area contributed by atoms with E-state index in [0.717, 1.165) is 60.7 Å². The van der Waals surface area contributed by atoms with Crippen LogP contribution in [0, 0.1) is 6.92 Å². The van der Waals surface area contributed by atoms with Gasteiger partial charge >= 0.3 is 0 Å². The van der Waals surface area contributed by atoms with E-state index in [9.17, 15) is 13.2 Å². The predicted octanol–water partition coefficient (Wildman–Crippen LogP) is 6.43. The van der Waals surface area contributed by atoms with Gasteiger partial charge in [-0.1, -0.05) is 49.1 Å². The van der Waals surface area contributed by atoms with Crippen LogP contribution in [0.5, 0.6) is 0 Å². The van der Waals surface area contributed by atoms with Gasteiger partial charge in [-0.3, -0.25) is 9.69 Å². The zero-order chi connectivity index (χ0) is 26.9. The van der Waals surface area contributed by atoms with E-state index in [4.69, 9.17) is 21.3 Å². The van der Waals surface area contributed by atoms with Crippen molar-refractivity contribution in [2.75, 3.05) is 24.6 Å². The van der Waals surface area contributed by atoms with Crippen molar-refractivity contribution in [3.8, 4) is 0 Å². The molecule has 2 heterocycles. The molecule has 2 aromatic carbocycles. The number of amides is 1. The van der Waals surface area contributed by atoms with Crippen LogP contribution in [0.4, 0.5) is 5.13 Å². The summed E-state index contributed by atoms with van der Waals surface area (Å²) >= 11 is 7.76. The molecule has 5 rings (SSSR count). The molecule has 1 aromatic heterocycles. The lowest BCUT2D eigenvalue weighted by atomic mass is 9.95. The van der Waals surface area contributed by atoms with E-state index >= 15 is 0 Å². The van der Waals surface area contributed by atoms with E-state index in [0.29, 0.717) is 35.4 Å². The monoisotopic (exact) mass is 575 g/mol. The second kappa shape index (κ2) is 11.6. The van der Waals surface area contributed by atoms with Gasteiger partial charge in [-0.25, -0.2) is 13.4 Å². The van der Waals surface area contributed by atoms with Crippen molar-refractivity contribution in [1.82, 2.24) is 9.29 Å². The molecule has 1 saturated carbocycles. The molecule has 1 saturated heterocycles. The van der Waals surface area contributed by atoms with Crippen molar-refractivity contribution in [3.63, 3.8) is 0 Å². The molecule has 10 heteroatoms. The molecule has 38 heavy (non-hydrogen) atoms. The lowest BCUT2D eigenvalue weighted by Gasteiger charge is -2.32. The fraction of sp³-hybridized carbons (Fsp3) is 0.500. The Hall–Kier alpha value is -2.04. The summed E-state index contributed by atoms with van der Waals surface area (Å²) in [6.07, 6.45) is 6.85. The minimum Gasteiger partial charge on any atom is -0.376 e. The largest absolute Gasteiger partial charge is 0.376 e. The van der Waals surface area contributed by atoms with Gasteiger partial charge in [-0.2, -0.15) is 4.31 Å². The number of aromatic nitrogens is 1. The smallest absolute Gasteiger partial charge is 0.260 e. The molecule has 0 radical (unpaired) electrons. The molecule has 1 unspecified atom stereocenters. The highest BCUT2D eigenvalue weighted by Crippen LogP contribution is 2.35. The van der Waals surface area contributed by atoms with Gasteiger partial charge in [0.2, 0.25) is 10.0 Å². The number of benzene rings is 2. The minimum absolute atomic E-state index is 0.0398. The van der Waals surface area contributed by atoms with Crippen molar-refractivity contribution in [2.24, 2.45) is 0 Å². The molecular weight excluding hydrogens is 542 g/mol. The Labute approximate surface area is 233 Å². The zero-order valence-electron chi connectivity index (χ0n) is 21.9. The predicted molar refractivity (Wildman–Crippen MR) is 153 cm³/mol. The fourth-order valence-electron chi connectivity index (χ4n) is 5.50. The first kappa shape index (κ1) is 27.5. The molecule has 7 nitrogen and oxygen atoms in total. The highest BCUT2D eigenvalue weighted by atomic mass is 35.5. The van der Waals surface area contributed by atoms with Crippen LogP contribution in [-0.2, 0) is 14.8 Å². The Kier molecular flexibility index (Phi) is 8.40. The van der Waals surface area contributed by atoms with Crippen LogP contribution in [0.3, 0.4) is 0 Å². The highest BCUT2D eigenvalue weighted by molar-refractivity contribution is 7.89. The Balaban J connectivity index is 1.43. The van der Waals surface area contributed by atoms with Gasteiger partial charge in [-0.15, -0.1) is 0 Å². The van der Waals surface area contributed by atoms with E-state index < -0.39 is 10.0 Å². The topological polar surface area (TPSA) is 79.8 Å². The standard InChI is InChI=1S/C28H34ClN3O4S2/c1-3-32(21-8-5-4-6-9-21)38(34,35)23-13-11-20(12-14-23)27(33)31(18-22-10-7-17-36-22)28-30-26-19(2)24(29)15-16-25(26)37-28/h11-16,21-22H,3-10,17-18H2,1-2H3. The average molecular weight is 576 g/mol. The molecule has 0 bridgehead atoms. The molecule has 1 aliphatic carbocycles. The normalized spacial score (nSPS) is 18.9. The van der Waals surface area contributed by atoms with Gasteiger partial charge in [0.25, 0.3) is 5.91 Å². The summed E-state index contributed by atoms with van der Waals surface area (Å²) < 4.78 is 35.4. The molecular formula is C28H34ClN3O4S2. The van der Waals surface area contributed by atoms with Crippen LogP contribution >= 0.6 is 22.9 Å². The van der Waals surface area contributed by atoms with Crippen LogP contribution in [-0.4, -0.2) is 55.5 Å². The number of thiazole rings is 1. The number of hydrogen-bond acceptors (Lipinski definition) is 6. The first-order valence-corrected chi connectivity index (χ1v) is 16.0. The molecule has 2 fully saturated rings. The SMILES string of the molecule is CCN(C1CCCCC1)S(=O)(=O)c1ccc(C(=O)N(CC2CCCO2)c2nc3c(C)c(Cl)ccc3s2)cc1. The third-order valence-corrected chi connectivity index (χ3v) is 11.1. The molecule has 1 amide bonds. The highest BCUT2D eigenvalue weighted by Gasteiger charge is 2.32. The number of carbonyl (C=O) groups is 1. The molecule has 0 spiro atoms. The van der Waals surface area contributed by atoms with Crippen molar-refractivity contribution >= 4 is 54.2 Å². The molecule has 1 atom stereocenters. The Morgan fingerprint density at radius 3 is 2.47 bits per heavy atom. The minimum atomic E-state index is -3.64. The molecule has 0 N–H and O–H groups in total. The number of nitrogens with zero attached hydrogens (tertiary/aromatic N) is 3. The van der Waals surface area contributed by atoms with Crippen molar-refractivity contribution in [1.29, 1.82) is 0 Å². The maximum absolute atomic E-state index is 13.8. The van der Waals surface area contributed by atoms with Gasteiger partial charge in [0.1, 0.15) is 0 Å². The fourth-order valence-corrected chi connectivity index (χ4v) is 8.38. The van der Waals surface area contributed by atoms with E-state index in [1.807, 2.05) is 26.0 Å². The summed E-state index contributed by atoms with van der Waals surface area (Å²) in [5.41, 5.74) is 2.08. The number of halogens is 1. The maximum Gasteiger partial charge on any atom is 0.260 e.